The van der Waals surface area contributed by atoms with Crippen LogP contribution in [0.2, 0.25) is 0 Å². The molecule has 2 atom stereocenters. The van der Waals surface area contributed by atoms with Gasteiger partial charge in [-0.2, -0.15) is 0 Å². The highest BCUT2D eigenvalue weighted by molar-refractivity contribution is 7.89. The Hall–Kier alpha value is -1.01. The Balaban J connectivity index is 2.95. The lowest BCUT2D eigenvalue weighted by Crippen LogP contribution is -2.31. The van der Waals surface area contributed by atoms with Gasteiger partial charge >= 0.3 is 0 Å². The van der Waals surface area contributed by atoms with Crippen molar-refractivity contribution >= 4 is 10.0 Å². The van der Waals surface area contributed by atoms with E-state index in [0.717, 1.165) is 5.56 Å². The van der Waals surface area contributed by atoms with E-state index in [0.29, 0.717) is 5.82 Å². The lowest BCUT2D eigenvalue weighted by molar-refractivity contribution is 0.564. The van der Waals surface area contributed by atoms with Crippen LogP contribution in [0.3, 0.4) is 0 Å². The number of rotatable bonds is 3. The first-order valence-electron chi connectivity index (χ1n) is 4.62. The molecule has 6 heteroatoms. The van der Waals surface area contributed by atoms with Gasteiger partial charge in [-0.25, -0.2) is 23.5 Å². The SMILES string of the molecule is Cc1cnc([C@H](C)[C@@H](C)S(N)(=O)=O)nc1. The molecule has 1 aromatic heterocycles. The smallest absolute Gasteiger partial charge is 0.212 e. The Morgan fingerprint density at radius 2 is 1.73 bits per heavy atom. The third-order valence-electron chi connectivity index (χ3n) is 2.43. The number of aryl methyl sites for hydroxylation is 1. The van der Waals surface area contributed by atoms with E-state index in [2.05, 4.69) is 9.97 Å². The number of primary sulfonamides is 1. The first-order chi connectivity index (χ1) is 6.82. The average Bonchev–Trinajstić information content (AvgIpc) is 2.15. The lowest BCUT2D eigenvalue weighted by Gasteiger charge is -2.16. The molecule has 0 amide bonds. The zero-order chi connectivity index (χ0) is 11.6. The van der Waals surface area contributed by atoms with Crippen molar-refractivity contribution < 1.29 is 8.42 Å². The quantitative estimate of drug-likeness (QED) is 0.820. The molecule has 1 aromatic rings. The molecule has 0 aliphatic heterocycles. The zero-order valence-electron chi connectivity index (χ0n) is 9.01. The molecule has 0 aromatic carbocycles. The molecule has 0 aliphatic carbocycles. The van der Waals surface area contributed by atoms with Gasteiger partial charge < -0.3 is 0 Å². The summed E-state index contributed by atoms with van der Waals surface area (Å²) in [6, 6.07) is 0. The molecule has 0 saturated heterocycles. The first kappa shape index (κ1) is 12.1. The third-order valence-corrected chi connectivity index (χ3v) is 3.88. The molecule has 1 heterocycles. The summed E-state index contributed by atoms with van der Waals surface area (Å²) in [6.07, 6.45) is 3.32. The largest absolute Gasteiger partial charge is 0.241 e. The Morgan fingerprint density at radius 3 is 2.13 bits per heavy atom. The second-order valence-electron chi connectivity index (χ2n) is 3.70. The molecule has 1 rings (SSSR count). The van der Waals surface area contributed by atoms with Gasteiger partial charge in [0.05, 0.1) is 5.25 Å². The van der Waals surface area contributed by atoms with Crippen LogP contribution in [0.15, 0.2) is 12.4 Å². The summed E-state index contributed by atoms with van der Waals surface area (Å²) in [7, 11) is -3.54. The number of sulfonamides is 1. The molecule has 0 spiro atoms. The minimum atomic E-state index is -3.54. The molecule has 0 unspecified atom stereocenters. The fourth-order valence-electron chi connectivity index (χ4n) is 1.13. The van der Waals surface area contributed by atoms with E-state index in [-0.39, 0.29) is 5.92 Å². The van der Waals surface area contributed by atoms with E-state index >= 15 is 0 Å². The van der Waals surface area contributed by atoms with Gasteiger partial charge in [0.1, 0.15) is 5.82 Å². The minimum absolute atomic E-state index is 0.305. The third kappa shape index (κ3) is 2.97. The van der Waals surface area contributed by atoms with Crippen molar-refractivity contribution in [2.75, 3.05) is 0 Å². The Labute approximate surface area is 89.8 Å². The van der Waals surface area contributed by atoms with E-state index in [1.807, 2.05) is 6.92 Å². The van der Waals surface area contributed by atoms with E-state index in [1.165, 1.54) is 0 Å². The van der Waals surface area contributed by atoms with E-state index < -0.39 is 15.3 Å². The predicted octanol–water partition coefficient (Wildman–Crippen LogP) is 0.566. The highest BCUT2D eigenvalue weighted by atomic mass is 32.2. The van der Waals surface area contributed by atoms with Crippen LogP contribution in [0.4, 0.5) is 0 Å². The maximum absolute atomic E-state index is 11.1. The average molecular weight is 229 g/mol. The van der Waals surface area contributed by atoms with Gasteiger partial charge in [-0.05, 0) is 19.4 Å². The summed E-state index contributed by atoms with van der Waals surface area (Å²) in [5.74, 6) is 0.197. The van der Waals surface area contributed by atoms with Gasteiger partial charge in [-0.3, -0.25) is 0 Å². The van der Waals surface area contributed by atoms with Crippen LogP contribution in [0.25, 0.3) is 0 Å². The Bertz CT molecular complexity index is 427. The number of hydrogen-bond donors (Lipinski definition) is 1. The van der Waals surface area contributed by atoms with Crippen molar-refractivity contribution in [3.05, 3.63) is 23.8 Å². The second kappa shape index (κ2) is 4.24. The summed E-state index contributed by atoms with van der Waals surface area (Å²) in [4.78, 5) is 8.16. The van der Waals surface area contributed by atoms with Crippen molar-refractivity contribution in [2.24, 2.45) is 5.14 Å². The second-order valence-corrected chi connectivity index (χ2v) is 5.62. The molecule has 0 bridgehead atoms. The summed E-state index contributed by atoms with van der Waals surface area (Å²) in [5.41, 5.74) is 0.939. The maximum Gasteiger partial charge on any atom is 0.212 e. The van der Waals surface area contributed by atoms with Crippen LogP contribution in [0.5, 0.6) is 0 Å². The van der Waals surface area contributed by atoms with Crippen LogP contribution in [-0.4, -0.2) is 23.6 Å². The molecule has 0 fully saturated rings. The molecule has 5 nitrogen and oxygen atoms in total. The van der Waals surface area contributed by atoms with Gasteiger partial charge in [0.2, 0.25) is 10.0 Å². The van der Waals surface area contributed by atoms with E-state index in [4.69, 9.17) is 5.14 Å². The molecule has 2 N–H and O–H groups in total. The summed E-state index contributed by atoms with van der Waals surface area (Å²) in [5, 5.41) is 4.38. The maximum atomic E-state index is 11.1. The van der Waals surface area contributed by atoms with Crippen LogP contribution in [0.1, 0.15) is 31.2 Å². The summed E-state index contributed by atoms with van der Waals surface area (Å²) in [6.45, 7) is 5.18. The number of hydrogen-bond acceptors (Lipinski definition) is 4. The fourth-order valence-corrected chi connectivity index (χ4v) is 1.82. The van der Waals surface area contributed by atoms with Crippen LogP contribution < -0.4 is 5.14 Å². The topological polar surface area (TPSA) is 85.9 Å². The van der Waals surface area contributed by atoms with E-state index in [1.54, 1.807) is 26.2 Å². The first-order valence-corrected chi connectivity index (χ1v) is 6.23. The van der Waals surface area contributed by atoms with Crippen molar-refractivity contribution in [2.45, 2.75) is 31.9 Å². The van der Waals surface area contributed by atoms with Gasteiger partial charge in [-0.1, -0.05) is 6.92 Å². The van der Waals surface area contributed by atoms with Crippen molar-refractivity contribution in [1.29, 1.82) is 0 Å². The van der Waals surface area contributed by atoms with Crippen LogP contribution in [0, 0.1) is 6.92 Å². The highest BCUT2D eigenvalue weighted by Gasteiger charge is 2.25. The standard InChI is InChI=1S/C9H15N3O2S/c1-6-4-11-9(12-5-6)7(2)8(3)15(10,13)14/h4-5,7-8H,1-3H3,(H2,10,13,14)/t7-,8-/m1/s1. The molecule has 0 radical (unpaired) electrons. The van der Waals surface area contributed by atoms with Crippen molar-refractivity contribution in [3.63, 3.8) is 0 Å². The fraction of sp³-hybridized carbons (Fsp3) is 0.556. The van der Waals surface area contributed by atoms with Crippen LogP contribution >= 0.6 is 0 Å². The predicted molar refractivity (Wildman–Crippen MR) is 57.8 cm³/mol. The molecule has 15 heavy (non-hydrogen) atoms. The molecular formula is C9H15N3O2S. The summed E-state index contributed by atoms with van der Waals surface area (Å²) >= 11 is 0. The van der Waals surface area contributed by atoms with Gasteiger partial charge in [0.25, 0.3) is 0 Å². The molecule has 0 saturated carbocycles. The van der Waals surface area contributed by atoms with Crippen molar-refractivity contribution in [3.8, 4) is 0 Å². The summed E-state index contributed by atoms with van der Waals surface area (Å²) < 4.78 is 22.3. The van der Waals surface area contributed by atoms with Gasteiger partial charge in [0, 0.05) is 18.3 Å². The van der Waals surface area contributed by atoms with Gasteiger partial charge in [0.15, 0.2) is 0 Å². The normalized spacial score (nSPS) is 16.0. The highest BCUT2D eigenvalue weighted by Crippen LogP contribution is 2.18. The van der Waals surface area contributed by atoms with Gasteiger partial charge in [-0.15, -0.1) is 0 Å². The van der Waals surface area contributed by atoms with Crippen molar-refractivity contribution in [1.82, 2.24) is 9.97 Å². The molecular weight excluding hydrogens is 214 g/mol. The number of nitrogens with zero attached hydrogens (tertiary/aromatic N) is 2. The molecule has 84 valence electrons. The monoisotopic (exact) mass is 229 g/mol. The Kier molecular flexibility index (Phi) is 3.41. The van der Waals surface area contributed by atoms with E-state index in [9.17, 15) is 8.42 Å². The zero-order valence-corrected chi connectivity index (χ0v) is 9.82. The number of aromatic nitrogens is 2. The minimum Gasteiger partial charge on any atom is -0.241 e. The van der Waals surface area contributed by atoms with Crippen LogP contribution in [-0.2, 0) is 10.0 Å². The Morgan fingerprint density at radius 1 is 1.27 bits per heavy atom. The molecule has 0 aliphatic rings. The number of nitrogens with two attached hydrogens (primary N) is 1. The lowest BCUT2D eigenvalue weighted by atomic mass is 10.1.